The van der Waals surface area contributed by atoms with Crippen LogP contribution in [0.4, 0.5) is 0 Å². The summed E-state index contributed by atoms with van der Waals surface area (Å²) >= 11 is 0. The molecule has 3 nitrogen and oxygen atoms in total. The fourth-order valence-corrected chi connectivity index (χ4v) is 2.80. The highest BCUT2D eigenvalue weighted by Crippen LogP contribution is 2.26. The summed E-state index contributed by atoms with van der Waals surface area (Å²) < 4.78 is 0. The van der Waals surface area contributed by atoms with Crippen LogP contribution >= 0.6 is 0 Å². The lowest BCUT2D eigenvalue weighted by Gasteiger charge is -2.36. The van der Waals surface area contributed by atoms with E-state index in [4.69, 9.17) is 0 Å². The molecule has 1 aliphatic heterocycles. The topological polar surface area (TPSA) is 35.5 Å². The first-order valence-corrected chi connectivity index (χ1v) is 7.39. The minimum absolute atomic E-state index is 0.105. The molecule has 1 saturated heterocycles. The van der Waals surface area contributed by atoms with Gasteiger partial charge in [0.25, 0.3) is 0 Å². The largest absolute Gasteiger partial charge is 0.392 e. The van der Waals surface area contributed by atoms with E-state index in [1.54, 1.807) is 0 Å². The Kier molecular flexibility index (Phi) is 5.63. The molecule has 0 saturated carbocycles. The molecule has 0 spiro atoms. The smallest absolute Gasteiger partial charge is 0.0679 e. The average Bonchev–Trinajstić information content (AvgIpc) is 2.60. The third-order valence-electron chi connectivity index (χ3n) is 3.75. The molecule has 0 aromatic heterocycles. The number of nitrogens with zero attached hydrogens (tertiary/aromatic N) is 1. The van der Waals surface area contributed by atoms with Crippen LogP contribution in [-0.4, -0.2) is 47.8 Å². The van der Waals surface area contributed by atoms with Crippen molar-refractivity contribution in [1.82, 2.24) is 10.2 Å². The molecular weight excluding hydrogens is 224 g/mol. The van der Waals surface area contributed by atoms with E-state index in [2.05, 4.69) is 44.8 Å². The summed E-state index contributed by atoms with van der Waals surface area (Å²) in [6.07, 6.45) is 3.29. The molecule has 0 bridgehead atoms. The quantitative estimate of drug-likeness (QED) is 0.765. The Balaban J connectivity index is 2.50. The van der Waals surface area contributed by atoms with Crippen molar-refractivity contribution in [1.29, 1.82) is 0 Å². The van der Waals surface area contributed by atoms with Crippen molar-refractivity contribution < 1.29 is 5.11 Å². The number of likely N-dealkylation sites (tertiary alicyclic amines) is 1. The fraction of sp³-hybridized carbons (Fsp3) is 1.00. The summed E-state index contributed by atoms with van der Waals surface area (Å²) in [7, 11) is 0. The molecule has 2 unspecified atom stereocenters. The number of aliphatic hydroxyl groups is 1. The molecule has 108 valence electrons. The van der Waals surface area contributed by atoms with Crippen molar-refractivity contribution in [3.63, 3.8) is 0 Å². The standard InChI is InChI=1S/C15H32N2O/c1-6-8-15(5,11-16-14(2,3)4)12-17-9-7-13(18)10-17/h13,16,18H,6-12H2,1-5H3. The monoisotopic (exact) mass is 256 g/mol. The van der Waals surface area contributed by atoms with Crippen LogP contribution in [0.3, 0.4) is 0 Å². The van der Waals surface area contributed by atoms with E-state index < -0.39 is 0 Å². The predicted octanol–water partition coefficient (Wildman–Crippen LogP) is 2.25. The maximum Gasteiger partial charge on any atom is 0.0679 e. The predicted molar refractivity (Wildman–Crippen MR) is 77.8 cm³/mol. The molecule has 2 N–H and O–H groups in total. The highest BCUT2D eigenvalue weighted by atomic mass is 16.3. The molecule has 0 aromatic rings. The second kappa shape index (κ2) is 6.36. The number of aliphatic hydroxyl groups excluding tert-OH is 1. The molecule has 1 aliphatic rings. The van der Waals surface area contributed by atoms with Crippen LogP contribution in [0.15, 0.2) is 0 Å². The first-order chi connectivity index (χ1) is 8.24. The summed E-state index contributed by atoms with van der Waals surface area (Å²) in [6, 6.07) is 0. The van der Waals surface area contributed by atoms with E-state index in [1.165, 1.54) is 12.8 Å². The number of hydrogen-bond donors (Lipinski definition) is 2. The SMILES string of the molecule is CCCC(C)(CNC(C)(C)C)CN1CCC(O)C1. The van der Waals surface area contributed by atoms with Crippen LogP contribution in [0.2, 0.25) is 0 Å². The lowest BCUT2D eigenvalue weighted by Crippen LogP contribution is -2.47. The van der Waals surface area contributed by atoms with Crippen LogP contribution < -0.4 is 5.32 Å². The lowest BCUT2D eigenvalue weighted by molar-refractivity contribution is 0.135. The summed E-state index contributed by atoms with van der Waals surface area (Å²) in [5.41, 5.74) is 0.492. The van der Waals surface area contributed by atoms with Crippen LogP contribution in [0.1, 0.15) is 53.9 Å². The zero-order chi connectivity index (χ0) is 13.8. The molecular formula is C15H32N2O. The molecule has 1 rings (SSSR count). The summed E-state index contributed by atoms with van der Waals surface area (Å²) in [4.78, 5) is 2.42. The van der Waals surface area contributed by atoms with Gasteiger partial charge in [0.05, 0.1) is 6.10 Å². The van der Waals surface area contributed by atoms with Crippen LogP contribution in [0.25, 0.3) is 0 Å². The second-order valence-corrected chi connectivity index (χ2v) is 7.34. The molecule has 0 amide bonds. The fourth-order valence-electron chi connectivity index (χ4n) is 2.80. The first kappa shape index (κ1) is 15.9. The third kappa shape index (κ3) is 5.68. The van der Waals surface area contributed by atoms with Gasteiger partial charge in [0, 0.05) is 31.7 Å². The van der Waals surface area contributed by atoms with Crippen LogP contribution in [0, 0.1) is 5.41 Å². The Hall–Kier alpha value is -0.120. The average molecular weight is 256 g/mol. The van der Waals surface area contributed by atoms with Gasteiger partial charge in [-0.05, 0) is 39.0 Å². The Morgan fingerprint density at radius 2 is 1.94 bits per heavy atom. The second-order valence-electron chi connectivity index (χ2n) is 7.34. The van der Waals surface area contributed by atoms with E-state index in [0.717, 1.165) is 32.6 Å². The molecule has 18 heavy (non-hydrogen) atoms. The highest BCUT2D eigenvalue weighted by Gasteiger charge is 2.30. The van der Waals surface area contributed by atoms with E-state index >= 15 is 0 Å². The molecule has 1 fully saturated rings. The molecule has 3 heteroatoms. The van der Waals surface area contributed by atoms with Gasteiger partial charge >= 0.3 is 0 Å². The molecule has 0 radical (unpaired) electrons. The van der Waals surface area contributed by atoms with Gasteiger partial charge in [-0.25, -0.2) is 0 Å². The number of hydrogen-bond acceptors (Lipinski definition) is 3. The highest BCUT2D eigenvalue weighted by molar-refractivity contribution is 4.86. The zero-order valence-electron chi connectivity index (χ0n) is 12.9. The van der Waals surface area contributed by atoms with Crippen molar-refractivity contribution in [3.8, 4) is 0 Å². The van der Waals surface area contributed by atoms with Gasteiger partial charge in [-0.1, -0.05) is 20.3 Å². The van der Waals surface area contributed by atoms with Crippen molar-refractivity contribution in [2.75, 3.05) is 26.2 Å². The summed E-state index contributed by atoms with van der Waals surface area (Å²) in [6.45, 7) is 15.4. The molecule has 0 aromatic carbocycles. The van der Waals surface area contributed by atoms with Crippen molar-refractivity contribution >= 4 is 0 Å². The van der Waals surface area contributed by atoms with Gasteiger partial charge in [-0.3, -0.25) is 0 Å². The number of β-amino-alcohol motifs (C(OH)–C–C–N with tert-alkyl or cyclic N) is 1. The Bertz CT molecular complexity index is 249. The summed E-state index contributed by atoms with van der Waals surface area (Å²) in [5.74, 6) is 0. The molecule has 2 atom stereocenters. The first-order valence-electron chi connectivity index (χ1n) is 7.39. The Labute approximate surface area is 113 Å². The van der Waals surface area contributed by atoms with Gasteiger partial charge in [0.15, 0.2) is 0 Å². The summed E-state index contributed by atoms with van der Waals surface area (Å²) in [5, 5.41) is 13.3. The van der Waals surface area contributed by atoms with E-state index in [-0.39, 0.29) is 11.6 Å². The van der Waals surface area contributed by atoms with E-state index in [0.29, 0.717) is 5.41 Å². The minimum atomic E-state index is -0.105. The van der Waals surface area contributed by atoms with Gasteiger partial charge in [0.1, 0.15) is 0 Å². The van der Waals surface area contributed by atoms with Gasteiger partial charge in [-0.2, -0.15) is 0 Å². The maximum absolute atomic E-state index is 9.63. The molecule has 0 aliphatic carbocycles. The number of nitrogens with one attached hydrogen (secondary N) is 1. The number of rotatable bonds is 6. The van der Waals surface area contributed by atoms with Crippen molar-refractivity contribution in [2.24, 2.45) is 5.41 Å². The van der Waals surface area contributed by atoms with Gasteiger partial charge in [0.2, 0.25) is 0 Å². The lowest BCUT2D eigenvalue weighted by atomic mass is 9.84. The van der Waals surface area contributed by atoms with Crippen LogP contribution in [-0.2, 0) is 0 Å². The van der Waals surface area contributed by atoms with Crippen molar-refractivity contribution in [2.45, 2.75) is 65.5 Å². The third-order valence-corrected chi connectivity index (χ3v) is 3.75. The van der Waals surface area contributed by atoms with Gasteiger partial charge in [-0.15, -0.1) is 0 Å². The Morgan fingerprint density at radius 1 is 1.28 bits per heavy atom. The van der Waals surface area contributed by atoms with Crippen molar-refractivity contribution in [3.05, 3.63) is 0 Å². The minimum Gasteiger partial charge on any atom is -0.392 e. The van der Waals surface area contributed by atoms with Gasteiger partial charge < -0.3 is 15.3 Å². The normalized spacial score (nSPS) is 25.3. The van der Waals surface area contributed by atoms with E-state index in [9.17, 15) is 5.11 Å². The van der Waals surface area contributed by atoms with E-state index in [1.807, 2.05) is 0 Å². The zero-order valence-corrected chi connectivity index (χ0v) is 12.9. The maximum atomic E-state index is 9.63. The Morgan fingerprint density at radius 3 is 2.39 bits per heavy atom. The molecule has 1 heterocycles. The van der Waals surface area contributed by atoms with Crippen LogP contribution in [0.5, 0.6) is 0 Å².